The van der Waals surface area contributed by atoms with Gasteiger partial charge in [0, 0.05) is 19.7 Å². The number of carboxylic acids is 1. The van der Waals surface area contributed by atoms with E-state index >= 15 is 0 Å². The van der Waals surface area contributed by atoms with Gasteiger partial charge >= 0.3 is 5.97 Å². The number of nitrogens with zero attached hydrogens (tertiary/aromatic N) is 3. The molecule has 1 aromatic heterocycles. The lowest BCUT2D eigenvalue weighted by atomic mass is 10.4. The van der Waals surface area contributed by atoms with E-state index in [-0.39, 0.29) is 6.42 Å². The number of hydrogen-bond acceptors (Lipinski definition) is 5. The van der Waals surface area contributed by atoms with E-state index in [9.17, 15) is 4.79 Å². The number of carboxylic acid groups (broad SMARTS) is 1. The SMILES string of the molecule is CCOc1cc(N(C)CCC(=O)O)ncn1. The Labute approximate surface area is 93.9 Å². The fourth-order valence-corrected chi connectivity index (χ4v) is 1.14. The van der Waals surface area contributed by atoms with E-state index in [1.54, 1.807) is 18.0 Å². The molecule has 0 spiro atoms. The summed E-state index contributed by atoms with van der Waals surface area (Å²) in [6, 6.07) is 1.69. The van der Waals surface area contributed by atoms with Crippen LogP contribution in [0.5, 0.6) is 5.88 Å². The molecule has 0 bridgehead atoms. The van der Waals surface area contributed by atoms with E-state index in [1.165, 1.54) is 6.33 Å². The first-order valence-electron chi connectivity index (χ1n) is 5.01. The predicted octanol–water partition coefficient (Wildman–Crippen LogP) is 0.786. The van der Waals surface area contributed by atoms with Gasteiger partial charge < -0.3 is 14.7 Å². The van der Waals surface area contributed by atoms with Crippen molar-refractivity contribution in [1.29, 1.82) is 0 Å². The lowest BCUT2D eigenvalue weighted by Crippen LogP contribution is -2.22. The van der Waals surface area contributed by atoms with E-state index in [0.29, 0.717) is 24.8 Å². The lowest BCUT2D eigenvalue weighted by Gasteiger charge is -2.16. The number of aliphatic carboxylic acids is 1. The molecule has 0 unspecified atom stereocenters. The summed E-state index contributed by atoms with van der Waals surface area (Å²) in [6.45, 7) is 2.81. The minimum atomic E-state index is -0.828. The van der Waals surface area contributed by atoms with E-state index in [4.69, 9.17) is 9.84 Å². The molecule has 0 atom stereocenters. The summed E-state index contributed by atoms with van der Waals surface area (Å²) in [5.41, 5.74) is 0. The van der Waals surface area contributed by atoms with Crippen LogP contribution in [0.1, 0.15) is 13.3 Å². The Balaban J connectivity index is 2.63. The summed E-state index contributed by atoms with van der Waals surface area (Å²) in [7, 11) is 1.78. The summed E-state index contributed by atoms with van der Waals surface area (Å²) in [4.78, 5) is 20.1. The molecule has 16 heavy (non-hydrogen) atoms. The summed E-state index contributed by atoms with van der Waals surface area (Å²) in [5.74, 6) is 0.320. The standard InChI is InChI=1S/C10H15N3O3/c1-3-16-9-6-8(11-7-12-9)13(2)5-4-10(14)15/h6-7H,3-5H2,1-2H3,(H,14,15). The van der Waals surface area contributed by atoms with Crippen molar-refractivity contribution in [3.8, 4) is 5.88 Å². The van der Waals surface area contributed by atoms with E-state index < -0.39 is 5.97 Å². The monoisotopic (exact) mass is 225 g/mol. The summed E-state index contributed by atoms with van der Waals surface area (Å²) in [6.07, 6.45) is 1.47. The van der Waals surface area contributed by atoms with Crippen LogP contribution < -0.4 is 9.64 Å². The molecule has 0 aliphatic heterocycles. The molecule has 0 aromatic carbocycles. The quantitative estimate of drug-likeness (QED) is 0.771. The molecule has 6 nitrogen and oxygen atoms in total. The Hall–Kier alpha value is -1.85. The van der Waals surface area contributed by atoms with Crippen molar-refractivity contribution in [1.82, 2.24) is 9.97 Å². The first-order valence-corrected chi connectivity index (χ1v) is 5.01. The van der Waals surface area contributed by atoms with Crippen LogP contribution in [0.4, 0.5) is 5.82 Å². The molecule has 1 N–H and O–H groups in total. The van der Waals surface area contributed by atoms with Gasteiger partial charge in [-0.1, -0.05) is 0 Å². The highest BCUT2D eigenvalue weighted by Gasteiger charge is 2.06. The second-order valence-corrected chi connectivity index (χ2v) is 3.21. The van der Waals surface area contributed by atoms with E-state index in [0.717, 1.165) is 0 Å². The van der Waals surface area contributed by atoms with Crippen molar-refractivity contribution in [2.75, 3.05) is 25.1 Å². The minimum Gasteiger partial charge on any atom is -0.481 e. The third kappa shape index (κ3) is 3.72. The Morgan fingerprint density at radius 3 is 2.94 bits per heavy atom. The number of anilines is 1. The highest BCUT2D eigenvalue weighted by Crippen LogP contribution is 2.14. The molecule has 0 saturated heterocycles. The normalized spacial score (nSPS) is 9.88. The van der Waals surface area contributed by atoms with Gasteiger partial charge in [0.25, 0.3) is 0 Å². The van der Waals surface area contributed by atoms with Crippen molar-refractivity contribution < 1.29 is 14.6 Å². The predicted molar refractivity (Wildman–Crippen MR) is 58.7 cm³/mol. The zero-order valence-electron chi connectivity index (χ0n) is 9.38. The maximum Gasteiger partial charge on any atom is 0.305 e. The number of hydrogen-bond donors (Lipinski definition) is 1. The van der Waals surface area contributed by atoms with Crippen LogP contribution in [0.2, 0.25) is 0 Å². The number of aromatic nitrogens is 2. The maximum absolute atomic E-state index is 10.4. The highest BCUT2D eigenvalue weighted by molar-refractivity contribution is 5.67. The molecule has 88 valence electrons. The molecule has 0 saturated carbocycles. The van der Waals surface area contributed by atoms with Crippen LogP contribution in [0.15, 0.2) is 12.4 Å². The fraction of sp³-hybridized carbons (Fsp3) is 0.500. The topological polar surface area (TPSA) is 75.5 Å². The molecular formula is C10H15N3O3. The zero-order valence-corrected chi connectivity index (χ0v) is 9.38. The molecule has 0 amide bonds. The molecule has 1 heterocycles. The van der Waals surface area contributed by atoms with Gasteiger partial charge in [0.05, 0.1) is 13.0 Å². The van der Waals surface area contributed by atoms with Crippen molar-refractivity contribution >= 4 is 11.8 Å². The second kappa shape index (κ2) is 5.89. The van der Waals surface area contributed by atoms with Gasteiger partial charge in [0.1, 0.15) is 12.1 Å². The molecule has 1 rings (SSSR count). The van der Waals surface area contributed by atoms with Crippen LogP contribution in [0.3, 0.4) is 0 Å². The number of ether oxygens (including phenoxy) is 1. The van der Waals surface area contributed by atoms with Gasteiger partial charge in [-0.05, 0) is 6.92 Å². The summed E-state index contributed by atoms with van der Waals surface area (Å²) in [5, 5.41) is 8.56. The van der Waals surface area contributed by atoms with Crippen molar-refractivity contribution in [3.05, 3.63) is 12.4 Å². The molecule has 1 aromatic rings. The first kappa shape index (κ1) is 12.2. The van der Waals surface area contributed by atoms with Crippen molar-refractivity contribution in [2.45, 2.75) is 13.3 Å². The van der Waals surface area contributed by atoms with Crippen molar-refractivity contribution in [2.24, 2.45) is 0 Å². The van der Waals surface area contributed by atoms with Crippen LogP contribution in [-0.4, -0.2) is 41.2 Å². The highest BCUT2D eigenvalue weighted by atomic mass is 16.5. The lowest BCUT2D eigenvalue weighted by molar-refractivity contribution is -0.136. The Morgan fingerprint density at radius 1 is 1.56 bits per heavy atom. The third-order valence-electron chi connectivity index (χ3n) is 1.97. The molecule has 0 aliphatic carbocycles. The third-order valence-corrected chi connectivity index (χ3v) is 1.97. The first-order chi connectivity index (χ1) is 7.63. The minimum absolute atomic E-state index is 0.0739. The molecule has 0 radical (unpaired) electrons. The number of rotatable bonds is 6. The van der Waals surface area contributed by atoms with E-state index in [1.807, 2.05) is 6.92 Å². The Morgan fingerprint density at radius 2 is 2.31 bits per heavy atom. The molecule has 6 heteroatoms. The Bertz CT molecular complexity index is 357. The van der Waals surface area contributed by atoms with Gasteiger partial charge in [-0.2, -0.15) is 0 Å². The average Bonchev–Trinajstić information content (AvgIpc) is 2.26. The summed E-state index contributed by atoms with van der Waals surface area (Å²) < 4.78 is 5.23. The van der Waals surface area contributed by atoms with Crippen LogP contribution in [0, 0.1) is 0 Å². The van der Waals surface area contributed by atoms with Crippen LogP contribution in [-0.2, 0) is 4.79 Å². The molecule has 0 fully saturated rings. The van der Waals surface area contributed by atoms with Gasteiger partial charge in [0.15, 0.2) is 0 Å². The van der Waals surface area contributed by atoms with Crippen molar-refractivity contribution in [3.63, 3.8) is 0 Å². The largest absolute Gasteiger partial charge is 0.481 e. The second-order valence-electron chi connectivity index (χ2n) is 3.21. The average molecular weight is 225 g/mol. The fourth-order valence-electron chi connectivity index (χ4n) is 1.14. The van der Waals surface area contributed by atoms with Crippen LogP contribution >= 0.6 is 0 Å². The van der Waals surface area contributed by atoms with Gasteiger partial charge in [-0.3, -0.25) is 4.79 Å². The zero-order chi connectivity index (χ0) is 12.0. The van der Waals surface area contributed by atoms with Crippen LogP contribution in [0.25, 0.3) is 0 Å². The smallest absolute Gasteiger partial charge is 0.305 e. The van der Waals surface area contributed by atoms with Gasteiger partial charge in [0.2, 0.25) is 5.88 Å². The molecular weight excluding hydrogens is 210 g/mol. The molecule has 0 aliphatic rings. The number of carbonyl (C=O) groups is 1. The Kier molecular flexibility index (Phi) is 4.50. The maximum atomic E-state index is 10.4. The van der Waals surface area contributed by atoms with Gasteiger partial charge in [-0.15, -0.1) is 0 Å². The van der Waals surface area contributed by atoms with Gasteiger partial charge in [-0.25, -0.2) is 9.97 Å². The summed E-state index contributed by atoms with van der Waals surface area (Å²) >= 11 is 0. The van der Waals surface area contributed by atoms with E-state index in [2.05, 4.69) is 9.97 Å².